The van der Waals surface area contributed by atoms with Gasteiger partial charge in [0.2, 0.25) is 0 Å². The van der Waals surface area contributed by atoms with E-state index in [2.05, 4.69) is 24.1 Å². The molecule has 8 nitrogen and oxygen atoms in total. The molecular formula is C19H30N2O6S. The van der Waals surface area contributed by atoms with Gasteiger partial charge in [-0.1, -0.05) is 0 Å². The lowest BCUT2D eigenvalue weighted by Crippen LogP contribution is -2.49. The summed E-state index contributed by atoms with van der Waals surface area (Å²) >= 11 is 0. The maximum Gasteiger partial charge on any atom is 0.298 e. The van der Waals surface area contributed by atoms with Crippen molar-refractivity contribution < 1.29 is 26.9 Å². The number of benzene rings is 1. The summed E-state index contributed by atoms with van der Waals surface area (Å²) in [5.41, 5.74) is 0.341. The number of hydrogen-bond acceptors (Lipinski definition) is 7. The summed E-state index contributed by atoms with van der Waals surface area (Å²) < 4.78 is 40.7. The van der Waals surface area contributed by atoms with Crippen molar-refractivity contribution in [2.45, 2.75) is 56.2 Å². The molecule has 0 spiro atoms. The van der Waals surface area contributed by atoms with Crippen molar-refractivity contribution in [2.75, 3.05) is 28.3 Å². The van der Waals surface area contributed by atoms with Gasteiger partial charge in [-0.3, -0.25) is 8.98 Å². The van der Waals surface area contributed by atoms with Crippen molar-refractivity contribution in [3.05, 3.63) is 17.7 Å². The zero-order valence-corrected chi connectivity index (χ0v) is 18.3. The van der Waals surface area contributed by atoms with Crippen LogP contribution in [0.4, 0.5) is 0 Å². The van der Waals surface area contributed by atoms with E-state index in [1.807, 2.05) is 21.0 Å². The van der Waals surface area contributed by atoms with Crippen LogP contribution in [0.3, 0.4) is 0 Å². The maximum absolute atomic E-state index is 12.7. The van der Waals surface area contributed by atoms with E-state index in [1.165, 1.54) is 20.3 Å². The van der Waals surface area contributed by atoms with Gasteiger partial charge in [0.15, 0.2) is 17.6 Å². The number of fused-ring (bicyclic) bond motifs is 1. The molecule has 1 heterocycles. The van der Waals surface area contributed by atoms with Crippen LogP contribution in [0.5, 0.6) is 11.5 Å². The first-order valence-corrected chi connectivity index (χ1v) is 10.5. The number of carbonyl (C=O) groups excluding carboxylic acids is 1. The third-order valence-electron chi connectivity index (χ3n) is 5.18. The van der Waals surface area contributed by atoms with Crippen molar-refractivity contribution in [1.29, 1.82) is 0 Å². The highest BCUT2D eigenvalue weighted by atomic mass is 32.2. The zero-order valence-electron chi connectivity index (χ0n) is 17.5. The molecule has 1 aliphatic heterocycles. The van der Waals surface area contributed by atoms with Crippen LogP contribution in [0.2, 0.25) is 0 Å². The first-order chi connectivity index (χ1) is 12.9. The molecule has 0 fully saturated rings. The molecule has 9 heteroatoms. The second-order valence-corrected chi connectivity index (χ2v) is 9.42. The van der Waals surface area contributed by atoms with E-state index in [0.29, 0.717) is 17.7 Å². The number of rotatable bonds is 7. The molecule has 158 valence electrons. The summed E-state index contributed by atoms with van der Waals surface area (Å²) in [6.45, 7) is 6.04. The Kier molecular flexibility index (Phi) is 6.62. The molecule has 0 bridgehead atoms. The van der Waals surface area contributed by atoms with Gasteiger partial charge in [0.25, 0.3) is 16.0 Å². The van der Waals surface area contributed by atoms with Gasteiger partial charge in [0.1, 0.15) is 4.90 Å². The molecule has 1 aromatic rings. The van der Waals surface area contributed by atoms with Gasteiger partial charge in [-0.2, -0.15) is 8.42 Å². The Hall–Kier alpha value is -1.84. The van der Waals surface area contributed by atoms with Crippen molar-refractivity contribution in [3.8, 4) is 11.5 Å². The molecule has 1 aromatic carbocycles. The fourth-order valence-electron chi connectivity index (χ4n) is 3.19. The molecule has 0 saturated heterocycles. The fraction of sp³-hybridized carbons (Fsp3) is 0.632. The van der Waals surface area contributed by atoms with Gasteiger partial charge >= 0.3 is 0 Å². The summed E-state index contributed by atoms with van der Waals surface area (Å²) in [6.07, 6.45) is -0.294. The first-order valence-electron chi connectivity index (χ1n) is 9.07. The minimum atomic E-state index is -4.08. The lowest BCUT2D eigenvalue weighted by atomic mass is 9.94. The van der Waals surface area contributed by atoms with Crippen LogP contribution in [0.1, 0.15) is 32.8 Å². The number of hydrogen-bond donors (Lipinski definition) is 1. The highest BCUT2D eigenvalue weighted by Crippen LogP contribution is 2.37. The number of nitrogens with one attached hydrogen (secondary N) is 1. The molecule has 0 saturated carbocycles. The topological polar surface area (TPSA) is 94.2 Å². The maximum atomic E-state index is 12.7. The highest BCUT2D eigenvalue weighted by molar-refractivity contribution is 7.87. The number of carbonyl (C=O) groups is 1. The molecule has 28 heavy (non-hydrogen) atoms. The SMILES string of the molecule is COc1cc2c(cc1OC)S(=O)(=O)OC(C(=O)NC(C)CC(C)(C)N(C)C)C2. The van der Waals surface area contributed by atoms with E-state index in [1.54, 1.807) is 6.07 Å². The summed E-state index contributed by atoms with van der Waals surface area (Å²) in [6, 6.07) is 2.79. The summed E-state index contributed by atoms with van der Waals surface area (Å²) in [4.78, 5) is 14.7. The lowest BCUT2D eigenvalue weighted by Gasteiger charge is -2.35. The second kappa shape index (κ2) is 8.26. The summed E-state index contributed by atoms with van der Waals surface area (Å²) in [7, 11) is 2.76. The van der Waals surface area contributed by atoms with Gasteiger partial charge in [-0.15, -0.1) is 0 Å². The van der Waals surface area contributed by atoms with E-state index >= 15 is 0 Å². The Balaban J connectivity index is 2.20. The number of ether oxygens (including phenoxy) is 2. The smallest absolute Gasteiger partial charge is 0.298 e. The molecule has 2 rings (SSSR count). The average Bonchev–Trinajstić information content (AvgIpc) is 2.59. The predicted octanol–water partition coefficient (Wildman–Crippen LogP) is 1.57. The van der Waals surface area contributed by atoms with Crippen molar-refractivity contribution in [3.63, 3.8) is 0 Å². The normalized spacial score (nSPS) is 19.6. The largest absolute Gasteiger partial charge is 0.493 e. The lowest BCUT2D eigenvalue weighted by molar-refractivity contribution is -0.128. The van der Waals surface area contributed by atoms with Crippen LogP contribution in [-0.2, 0) is 25.5 Å². The molecule has 0 aliphatic carbocycles. The minimum Gasteiger partial charge on any atom is -0.493 e. The van der Waals surface area contributed by atoms with E-state index in [9.17, 15) is 13.2 Å². The van der Waals surface area contributed by atoms with Gasteiger partial charge < -0.3 is 19.7 Å². The fourth-order valence-corrected chi connectivity index (χ4v) is 4.47. The van der Waals surface area contributed by atoms with Crippen LogP contribution in [-0.4, -0.2) is 65.2 Å². The summed E-state index contributed by atoms with van der Waals surface area (Å²) in [5.74, 6) is 0.237. The Morgan fingerprint density at radius 1 is 1.29 bits per heavy atom. The highest BCUT2D eigenvalue weighted by Gasteiger charge is 2.37. The predicted molar refractivity (Wildman–Crippen MR) is 105 cm³/mol. The Morgan fingerprint density at radius 3 is 2.39 bits per heavy atom. The molecule has 1 aliphatic rings. The van der Waals surface area contributed by atoms with Gasteiger partial charge in [-0.25, -0.2) is 0 Å². The molecule has 1 amide bonds. The standard InChI is InChI=1S/C19H30N2O6S/c1-12(11-19(2,3)21(4)5)20-18(22)16-9-13-8-14(25-6)15(26-7)10-17(13)28(23,24)27-16/h8,10,12,16H,9,11H2,1-7H3,(H,20,22). The molecule has 2 atom stereocenters. The quantitative estimate of drug-likeness (QED) is 0.677. The molecule has 0 radical (unpaired) electrons. The van der Waals surface area contributed by atoms with Crippen LogP contribution < -0.4 is 14.8 Å². The molecular weight excluding hydrogens is 384 g/mol. The van der Waals surface area contributed by atoms with E-state index < -0.39 is 22.1 Å². The number of amides is 1. The van der Waals surface area contributed by atoms with Crippen molar-refractivity contribution in [1.82, 2.24) is 10.2 Å². The Labute approximate surface area is 167 Å². The van der Waals surface area contributed by atoms with Crippen molar-refractivity contribution in [2.24, 2.45) is 0 Å². The minimum absolute atomic E-state index is 0.00371. The van der Waals surface area contributed by atoms with Crippen LogP contribution in [0.15, 0.2) is 17.0 Å². The third-order valence-corrected chi connectivity index (χ3v) is 6.59. The van der Waals surface area contributed by atoms with Crippen LogP contribution in [0, 0.1) is 0 Å². The Morgan fingerprint density at radius 2 is 1.86 bits per heavy atom. The first kappa shape index (κ1) is 22.4. The molecule has 0 aromatic heterocycles. The Bertz CT molecular complexity index is 835. The van der Waals surface area contributed by atoms with Gasteiger partial charge in [-0.05, 0) is 52.9 Å². The second-order valence-electron chi connectivity index (χ2n) is 7.88. The number of methoxy groups -OCH3 is 2. The van der Waals surface area contributed by atoms with Crippen molar-refractivity contribution >= 4 is 16.0 Å². The average molecular weight is 415 g/mol. The van der Waals surface area contributed by atoms with E-state index in [0.717, 1.165) is 0 Å². The zero-order chi connectivity index (χ0) is 21.3. The van der Waals surface area contributed by atoms with Gasteiger partial charge in [0.05, 0.1) is 14.2 Å². The molecule has 1 N–H and O–H groups in total. The van der Waals surface area contributed by atoms with E-state index in [4.69, 9.17) is 13.7 Å². The third kappa shape index (κ3) is 4.76. The van der Waals surface area contributed by atoms with E-state index in [-0.39, 0.29) is 28.6 Å². The molecule has 2 unspecified atom stereocenters. The number of nitrogens with zero attached hydrogens (tertiary/aromatic N) is 1. The van der Waals surface area contributed by atoms with Crippen LogP contribution in [0.25, 0.3) is 0 Å². The van der Waals surface area contributed by atoms with Gasteiger partial charge in [0, 0.05) is 24.1 Å². The summed E-state index contributed by atoms with van der Waals surface area (Å²) in [5, 5.41) is 2.87. The van der Waals surface area contributed by atoms with Crippen LogP contribution >= 0.6 is 0 Å². The monoisotopic (exact) mass is 414 g/mol.